The number of para-hydroxylation sites is 2. The van der Waals surface area contributed by atoms with Crippen molar-refractivity contribution in [2.24, 2.45) is 0 Å². The molecule has 2 heterocycles. The first-order valence-electron chi connectivity index (χ1n) is 9.79. The molecular weight excluding hydrogens is 382 g/mol. The highest BCUT2D eigenvalue weighted by molar-refractivity contribution is 6.16. The van der Waals surface area contributed by atoms with Gasteiger partial charge in [-0.25, -0.2) is 0 Å². The van der Waals surface area contributed by atoms with E-state index >= 15 is 0 Å². The maximum absolute atomic E-state index is 13.6. The molecule has 7 heteroatoms. The summed E-state index contributed by atoms with van der Waals surface area (Å²) in [6, 6.07) is 14.3. The van der Waals surface area contributed by atoms with E-state index in [2.05, 4.69) is 11.9 Å². The third kappa shape index (κ3) is 2.85. The Bertz CT molecular complexity index is 1030. The van der Waals surface area contributed by atoms with Gasteiger partial charge in [0.15, 0.2) is 0 Å². The van der Waals surface area contributed by atoms with Crippen molar-refractivity contribution < 1.29 is 19.1 Å². The monoisotopic (exact) mass is 405 g/mol. The Hall–Kier alpha value is -3.61. The summed E-state index contributed by atoms with van der Waals surface area (Å²) >= 11 is 0. The quantitative estimate of drug-likeness (QED) is 0.749. The lowest BCUT2D eigenvalue weighted by molar-refractivity contribution is -0.133. The summed E-state index contributed by atoms with van der Waals surface area (Å²) in [5.74, 6) is -0.216. The Labute approximate surface area is 174 Å². The summed E-state index contributed by atoms with van der Waals surface area (Å²) in [7, 11) is 1.57. The maximum atomic E-state index is 13.6. The van der Waals surface area contributed by atoms with E-state index < -0.39 is 11.6 Å². The normalized spacial score (nSPS) is 19.9. The molecule has 0 unspecified atom stereocenters. The van der Waals surface area contributed by atoms with Gasteiger partial charge in [0.2, 0.25) is 11.6 Å². The Morgan fingerprint density at radius 2 is 1.93 bits per heavy atom. The first kappa shape index (κ1) is 19.7. The van der Waals surface area contributed by atoms with Gasteiger partial charge in [0.05, 0.1) is 18.4 Å². The number of nitrogens with one attached hydrogen (secondary N) is 1. The van der Waals surface area contributed by atoms with E-state index in [1.165, 1.54) is 9.80 Å². The van der Waals surface area contributed by atoms with Crippen LogP contribution in [0, 0.1) is 0 Å². The van der Waals surface area contributed by atoms with Crippen molar-refractivity contribution in [3.63, 3.8) is 0 Å². The summed E-state index contributed by atoms with van der Waals surface area (Å²) in [5.41, 5.74) is 0.262. The van der Waals surface area contributed by atoms with Gasteiger partial charge in [-0.05, 0) is 18.2 Å². The van der Waals surface area contributed by atoms with Crippen LogP contribution in [-0.4, -0.2) is 41.9 Å². The lowest BCUT2D eigenvalue weighted by Gasteiger charge is -2.48. The SMILES string of the molecule is C=CCN1C(=O)c2ccccc2N2C(=O)CC[C@@]12C(=O)NCc1ccccc1OC. The number of nitrogens with zero attached hydrogens (tertiary/aromatic N) is 2. The number of methoxy groups -OCH3 is 1. The molecule has 2 aliphatic heterocycles. The van der Waals surface area contributed by atoms with Gasteiger partial charge in [0, 0.05) is 31.5 Å². The van der Waals surface area contributed by atoms with Crippen molar-refractivity contribution in [2.75, 3.05) is 18.6 Å². The molecule has 1 atom stereocenters. The average molecular weight is 405 g/mol. The summed E-state index contributed by atoms with van der Waals surface area (Å²) in [6.45, 7) is 4.10. The van der Waals surface area contributed by atoms with E-state index in [9.17, 15) is 14.4 Å². The van der Waals surface area contributed by atoms with Crippen LogP contribution in [0.3, 0.4) is 0 Å². The fraction of sp³-hybridized carbons (Fsp3) is 0.261. The van der Waals surface area contributed by atoms with E-state index in [1.807, 2.05) is 24.3 Å². The number of hydrogen-bond donors (Lipinski definition) is 1. The lowest BCUT2D eigenvalue weighted by atomic mass is 9.95. The van der Waals surface area contributed by atoms with Crippen LogP contribution >= 0.6 is 0 Å². The molecule has 4 rings (SSSR count). The number of carbonyl (C=O) groups excluding carboxylic acids is 3. The Morgan fingerprint density at radius 3 is 2.70 bits per heavy atom. The fourth-order valence-electron chi connectivity index (χ4n) is 4.33. The van der Waals surface area contributed by atoms with E-state index in [0.717, 1.165) is 5.56 Å². The summed E-state index contributed by atoms with van der Waals surface area (Å²) in [5, 5.41) is 2.92. The molecule has 0 saturated carbocycles. The third-order valence-corrected chi connectivity index (χ3v) is 5.68. The molecule has 2 aromatic rings. The zero-order valence-corrected chi connectivity index (χ0v) is 16.8. The van der Waals surface area contributed by atoms with Crippen molar-refractivity contribution in [2.45, 2.75) is 25.0 Å². The Morgan fingerprint density at radius 1 is 1.20 bits per heavy atom. The number of amides is 3. The first-order valence-corrected chi connectivity index (χ1v) is 9.79. The molecule has 154 valence electrons. The van der Waals surface area contributed by atoms with E-state index in [4.69, 9.17) is 4.74 Å². The second-order valence-electron chi connectivity index (χ2n) is 7.26. The predicted octanol–water partition coefficient (Wildman–Crippen LogP) is 2.48. The second kappa shape index (κ2) is 7.67. The van der Waals surface area contributed by atoms with Crippen LogP contribution in [-0.2, 0) is 16.1 Å². The number of benzene rings is 2. The van der Waals surface area contributed by atoms with E-state index in [1.54, 1.807) is 37.5 Å². The fourth-order valence-corrected chi connectivity index (χ4v) is 4.33. The molecule has 30 heavy (non-hydrogen) atoms. The Balaban J connectivity index is 1.74. The number of anilines is 1. The third-order valence-electron chi connectivity index (χ3n) is 5.68. The molecule has 0 aromatic heterocycles. The van der Waals surface area contributed by atoms with Gasteiger partial charge in [0.1, 0.15) is 5.75 Å². The van der Waals surface area contributed by atoms with Crippen molar-refractivity contribution in [1.29, 1.82) is 0 Å². The van der Waals surface area contributed by atoms with Crippen LogP contribution in [0.15, 0.2) is 61.2 Å². The van der Waals surface area contributed by atoms with Gasteiger partial charge in [0.25, 0.3) is 11.8 Å². The second-order valence-corrected chi connectivity index (χ2v) is 7.26. The summed E-state index contributed by atoms with van der Waals surface area (Å²) in [6.07, 6.45) is 1.97. The van der Waals surface area contributed by atoms with Crippen LogP contribution in [0.1, 0.15) is 28.8 Å². The number of rotatable bonds is 6. The molecule has 0 spiro atoms. The van der Waals surface area contributed by atoms with Crippen molar-refractivity contribution in [3.05, 3.63) is 72.3 Å². The van der Waals surface area contributed by atoms with Crippen molar-refractivity contribution in [1.82, 2.24) is 10.2 Å². The number of fused-ring (bicyclic) bond motifs is 3. The topological polar surface area (TPSA) is 79.0 Å². The molecular formula is C23H23N3O4. The largest absolute Gasteiger partial charge is 0.496 e. The zero-order chi connectivity index (χ0) is 21.3. The van der Waals surface area contributed by atoms with Crippen LogP contribution < -0.4 is 15.0 Å². The highest BCUT2D eigenvalue weighted by atomic mass is 16.5. The number of hydrogen-bond acceptors (Lipinski definition) is 4. The van der Waals surface area contributed by atoms with Crippen LogP contribution in [0.4, 0.5) is 5.69 Å². The lowest BCUT2D eigenvalue weighted by Crippen LogP contribution is -2.70. The van der Waals surface area contributed by atoms with E-state index in [-0.39, 0.29) is 37.7 Å². The minimum atomic E-state index is -1.42. The minimum absolute atomic E-state index is 0.152. The molecule has 3 amide bonds. The number of carbonyl (C=O) groups is 3. The van der Waals surface area contributed by atoms with Gasteiger partial charge in [-0.3, -0.25) is 19.3 Å². The zero-order valence-electron chi connectivity index (χ0n) is 16.8. The standard InChI is InChI=1S/C23H23N3O4/c1-3-14-25-21(28)17-9-5-6-10-18(17)26-20(27)12-13-23(25,26)22(29)24-15-16-8-4-7-11-19(16)30-2/h3-11H,1,12-15H2,2H3,(H,24,29)/t23-/m1/s1. The van der Waals surface area contributed by atoms with Crippen molar-refractivity contribution in [3.8, 4) is 5.75 Å². The molecule has 1 saturated heterocycles. The Kier molecular flexibility index (Phi) is 5.03. The smallest absolute Gasteiger partial charge is 0.267 e. The molecule has 1 fully saturated rings. The van der Waals surface area contributed by atoms with Crippen LogP contribution in [0.2, 0.25) is 0 Å². The molecule has 0 radical (unpaired) electrons. The van der Waals surface area contributed by atoms with Gasteiger partial charge in [-0.15, -0.1) is 6.58 Å². The molecule has 1 N–H and O–H groups in total. The van der Waals surface area contributed by atoms with Gasteiger partial charge >= 0.3 is 0 Å². The minimum Gasteiger partial charge on any atom is -0.496 e. The molecule has 2 aromatic carbocycles. The summed E-state index contributed by atoms with van der Waals surface area (Å²) < 4.78 is 5.35. The highest BCUT2D eigenvalue weighted by Gasteiger charge is 2.60. The highest BCUT2D eigenvalue weighted by Crippen LogP contribution is 2.44. The first-order chi connectivity index (χ1) is 14.5. The molecule has 2 aliphatic rings. The predicted molar refractivity (Wildman–Crippen MR) is 112 cm³/mol. The van der Waals surface area contributed by atoms with Gasteiger partial charge in [-0.2, -0.15) is 0 Å². The molecule has 0 bridgehead atoms. The van der Waals surface area contributed by atoms with Gasteiger partial charge in [-0.1, -0.05) is 36.4 Å². The van der Waals surface area contributed by atoms with Crippen molar-refractivity contribution >= 4 is 23.4 Å². The maximum Gasteiger partial charge on any atom is 0.267 e. The molecule has 0 aliphatic carbocycles. The summed E-state index contributed by atoms with van der Waals surface area (Å²) in [4.78, 5) is 42.7. The van der Waals surface area contributed by atoms with Crippen LogP contribution in [0.5, 0.6) is 5.75 Å². The number of ether oxygens (including phenoxy) is 1. The van der Waals surface area contributed by atoms with Gasteiger partial charge < -0.3 is 15.0 Å². The van der Waals surface area contributed by atoms with E-state index in [0.29, 0.717) is 17.0 Å². The average Bonchev–Trinajstić information content (AvgIpc) is 3.13. The molecule has 7 nitrogen and oxygen atoms in total. The van der Waals surface area contributed by atoms with Crippen LogP contribution in [0.25, 0.3) is 0 Å².